The second kappa shape index (κ2) is 7.48. The minimum absolute atomic E-state index is 0. The van der Waals surface area contributed by atoms with Gasteiger partial charge in [0.25, 0.3) is 0 Å². The maximum absolute atomic E-state index is 2.23. The Bertz CT molecular complexity index is 535. The van der Waals surface area contributed by atoms with Gasteiger partial charge in [0.1, 0.15) is 0 Å². The third-order valence-corrected chi connectivity index (χ3v) is 5.49. The van der Waals surface area contributed by atoms with Crippen molar-refractivity contribution in [1.82, 2.24) is 0 Å². The standard InChI is InChI=1S/C18H15P.Rh.H/c1-4-10-16(11-5-1)19(17-12-6-2-7-13-17)18-14-8-3-9-15-18;;/h1-15H;;/q;+1;-1. The van der Waals surface area contributed by atoms with E-state index in [1.54, 1.807) is 0 Å². The minimum atomic E-state index is -0.446. The Hall–Kier alpha value is -1.29. The van der Waals surface area contributed by atoms with Gasteiger partial charge in [0.05, 0.1) is 0 Å². The first-order valence-electron chi connectivity index (χ1n) is 6.40. The van der Waals surface area contributed by atoms with Crippen LogP contribution in [0.25, 0.3) is 0 Å². The summed E-state index contributed by atoms with van der Waals surface area (Å²) < 4.78 is 0. The van der Waals surface area contributed by atoms with E-state index in [2.05, 4.69) is 91.0 Å². The average molecular weight is 366 g/mol. The van der Waals surface area contributed by atoms with Crippen LogP contribution >= 0.6 is 7.92 Å². The largest absolute Gasteiger partial charge is 1.00 e. The topological polar surface area (TPSA) is 0 Å². The smallest absolute Gasteiger partial charge is 1.00 e. The number of rotatable bonds is 3. The van der Waals surface area contributed by atoms with Crippen molar-refractivity contribution >= 4 is 23.8 Å². The molecule has 0 radical (unpaired) electrons. The zero-order valence-corrected chi connectivity index (χ0v) is 13.5. The monoisotopic (exact) mass is 366 g/mol. The van der Waals surface area contributed by atoms with E-state index in [1.807, 2.05) is 0 Å². The van der Waals surface area contributed by atoms with Crippen LogP contribution in [0.5, 0.6) is 0 Å². The van der Waals surface area contributed by atoms with Gasteiger partial charge in [0.15, 0.2) is 0 Å². The van der Waals surface area contributed by atoms with Crippen LogP contribution in [0.15, 0.2) is 91.0 Å². The first-order valence-corrected chi connectivity index (χ1v) is 7.74. The fraction of sp³-hybridized carbons (Fsp3) is 0. The predicted molar refractivity (Wildman–Crippen MR) is 86.3 cm³/mol. The molecule has 0 amide bonds. The van der Waals surface area contributed by atoms with Gasteiger partial charge in [-0.3, -0.25) is 0 Å². The SMILES string of the molecule is [H-].[Rh+].c1ccc(P(c2ccccc2)c2ccccc2)cc1. The van der Waals surface area contributed by atoms with E-state index >= 15 is 0 Å². The van der Waals surface area contributed by atoms with Crippen molar-refractivity contribution in [3.63, 3.8) is 0 Å². The van der Waals surface area contributed by atoms with E-state index in [0.29, 0.717) is 0 Å². The molecular weight excluding hydrogens is 350 g/mol. The van der Waals surface area contributed by atoms with Crippen LogP contribution in [0, 0.1) is 0 Å². The van der Waals surface area contributed by atoms with Crippen LogP contribution in [-0.4, -0.2) is 0 Å². The minimum Gasteiger partial charge on any atom is -1.00 e. The second-order valence-corrected chi connectivity index (χ2v) is 6.56. The first kappa shape index (κ1) is 15.1. The molecule has 0 fully saturated rings. The summed E-state index contributed by atoms with van der Waals surface area (Å²) in [6, 6.07) is 32.3. The van der Waals surface area contributed by atoms with Gasteiger partial charge in [0.2, 0.25) is 0 Å². The number of hydrogen-bond acceptors (Lipinski definition) is 0. The van der Waals surface area contributed by atoms with Crippen molar-refractivity contribution in [3.05, 3.63) is 91.0 Å². The molecule has 0 spiro atoms. The molecule has 0 heterocycles. The van der Waals surface area contributed by atoms with Gasteiger partial charge in [-0.15, -0.1) is 0 Å². The van der Waals surface area contributed by atoms with Crippen molar-refractivity contribution in [2.75, 3.05) is 0 Å². The number of benzene rings is 3. The zero-order chi connectivity index (χ0) is 12.9. The summed E-state index contributed by atoms with van der Waals surface area (Å²) in [4.78, 5) is 0. The molecule has 0 unspecified atom stereocenters. The van der Waals surface area contributed by atoms with Gasteiger partial charge in [-0.25, -0.2) is 0 Å². The fourth-order valence-electron chi connectivity index (χ4n) is 2.18. The van der Waals surface area contributed by atoms with Crippen molar-refractivity contribution in [2.24, 2.45) is 0 Å². The maximum Gasteiger partial charge on any atom is 1.00 e. The van der Waals surface area contributed by atoms with Gasteiger partial charge in [-0.1, -0.05) is 91.0 Å². The quantitative estimate of drug-likeness (QED) is 0.491. The summed E-state index contributed by atoms with van der Waals surface area (Å²) in [7, 11) is -0.446. The third kappa shape index (κ3) is 3.42. The van der Waals surface area contributed by atoms with E-state index in [0.717, 1.165) is 0 Å². The van der Waals surface area contributed by atoms with Gasteiger partial charge in [-0.2, -0.15) is 0 Å². The molecule has 2 heteroatoms. The van der Waals surface area contributed by atoms with Crippen molar-refractivity contribution in [2.45, 2.75) is 0 Å². The molecule has 3 rings (SSSR count). The van der Waals surface area contributed by atoms with E-state index in [-0.39, 0.29) is 20.9 Å². The summed E-state index contributed by atoms with van der Waals surface area (Å²) >= 11 is 0. The Morgan fingerprint density at radius 3 is 0.950 bits per heavy atom. The summed E-state index contributed by atoms with van der Waals surface area (Å²) in [5.41, 5.74) is 0. The summed E-state index contributed by atoms with van der Waals surface area (Å²) in [6.45, 7) is 0. The summed E-state index contributed by atoms with van der Waals surface area (Å²) in [6.07, 6.45) is 0. The van der Waals surface area contributed by atoms with Crippen molar-refractivity contribution < 1.29 is 20.9 Å². The van der Waals surface area contributed by atoms with Crippen LogP contribution in [0.3, 0.4) is 0 Å². The Labute approximate surface area is 135 Å². The molecule has 0 aliphatic carbocycles. The molecule has 0 nitrogen and oxygen atoms in total. The molecule has 3 aromatic carbocycles. The zero-order valence-electron chi connectivity index (χ0n) is 11.9. The van der Waals surface area contributed by atoms with Crippen molar-refractivity contribution in [3.8, 4) is 0 Å². The van der Waals surface area contributed by atoms with E-state index in [1.165, 1.54) is 15.9 Å². The van der Waals surface area contributed by atoms with Gasteiger partial charge in [0, 0.05) is 0 Å². The maximum atomic E-state index is 2.23. The molecule has 0 bridgehead atoms. The molecule has 0 aliphatic rings. The first-order chi connectivity index (χ1) is 9.45. The van der Waals surface area contributed by atoms with E-state index in [4.69, 9.17) is 0 Å². The molecule has 0 aromatic heterocycles. The van der Waals surface area contributed by atoms with Crippen LogP contribution < -0.4 is 15.9 Å². The van der Waals surface area contributed by atoms with Gasteiger partial charge in [-0.05, 0) is 23.8 Å². The molecule has 0 aliphatic heterocycles. The Morgan fingerprint density at radius 2 is 0.700 bits per heavy atom. The van der Waals surface area contributed by atoms with Crippen LogP contribution in [0.2, 0.25) is 0 Å². The molecule has 0 saturated carbocycles. The molecule has 102 valence electrons. The van der Waals surface area contributed by atoms with Crippen LogP contribution in [0.1, 0.15) is 1.43 Å². The molecule has 20 heavy (non-hydrogen) atoms. The van der Waals surface area contributed by atoms with E-state index < -0.39 is 7.92 Å². The molecule has 3 aromatic rings. The second-order valence-electron chi connectivity index (χ2n) is 4.34. The van der Waals surface area contributed by atoms with Gasteiger partial charge < -0.3 is 1.43 Å². The Morgan fingerprint density at radius 1 is 0.450 bits per heavy atom. The average Bonchev–Trinajstić information content (AvgIpc) is 2.51. The third-order valence-electron chi connectivity index (χ3n) is 3.04. The number of hydrogen-bond donors (Lipinski definition) is 0. The fourth-order valence-corrected chi connectivity index (χ4v) is 4.48. The predicted octanol–water partition coefficient (Wildman–Crippen LogP) is 3.55. The summed E-state index contributed by atoms with van der Waals surface area (Å²) in [5, 5.41) is 4.19. The van der Waals surface area contributed by atoms with E-state index in [9.17, 15) is 0 Å². The van der Waals surface area contributed by atoms with Crippen LogP contribution in [-0.2, 0) is 19.5 Å². The summed E-state index contributed by atoms with van der Waals surface area (Å²) in [5.74, 6) is 0. The van der Waals surface area contributed by atoms with Crippen LogP contribution in [0.4, 0.5) is 0 Å². The molecule has 0 saturated heterocycles. The molecule has 0 atom stereocenters. The Balaban J connectivity index is 0.00000110. The Kier molecular flexibility index (Phi) is 5.65. The molecular formula is C18H16PRh. The normalized spacial score (nSPS) is 10.1. The molecule has 0 N–H and O–H groups in total. The van der Waals surface area contributed by atoms with Crippen molar-refractivity contribution in [1.29, 1.82) is 0 Å². The van der Waals surface area contributed by atoms with Gasteiger partial charge >= 0.3 is 19.5 Å².